The van der Waals surface area contributed by atoms with Gasteiger partial charge in [-0.05, 0) is 25.0 Å². The Bertz CT molecular complexity index is 508. The average molecular weight is 232 g/mol. The van der Waals surface area contributed by atoms with Gasteiger partial charge in [-0.25, -0.2) is 4.79 Å². The zero-order valence-corrected chi connectivity index (χ0v) is 9.14. The summed E-state index contributed by atoms with van der Waals surface area (Å²) in [5.74, 6) is -1.15. The Balaban J connectivity index is 2.11. The molecule has 5 heteroatoms. The quantitative estimate of drug-likeness (QED) is 0.806. The number of hydrogen-bond donors (Lipinski definition) is 2. The minimum atomic E-state index is -1.01. The van der Waals surface area contributed by atoms with Gasteiger partial charge in [0, 0.05) is 6.04 Å². The van der Waals surface area contributed by atoms with Gasteiger partial charge in [0.1, 0.15) is 0 Å². The summed E-state index contributed by atoms with van der Waals surface area (Å²) < 4.78 is 0. The molecule has 2 N–H and O–H groups in total. The molecular formula is C12H12N2O3. The van der Waals surface area contributed by atoms with Gasteiger partial charge in [-0.3, -0.25) is 4.79 Å². The highest BCUT2D eigenvalue weighted by molar-refractivity contribution is 6.08. The summed E-state index contributed by atoms with van der Waals surface area (Å²) >= 11 is 0. The molecule has 1 aromatic carbocycles. The highest BCUT2D eigenvalue weighted by Gasteiger charge is 2.35. The Labute approximate surface area is 98.0 Å². The van der Waals surface area contributed by atoms with E-state index in [-0.39, 0.29) is 11.5 Å². The van der Waals surface area contributed by atoms with Crippen molar-refractivity contribution in [2.45, 2.75) is 18.9 Å². The van der Waals surface area contributed by atoms with Crippen LogP contribution in [0.2, 0.25) is 0 Å². The number of anilines is 2. The lowest BCUT2D eigenvalue weighted by molar-refractivity contribution is -0.115. The summed E-state index contributed by atoms with van der Waals surface area (Å²) in [5, 5.41) is 11.8. The minimum absolute atomic E-state index is 0.141. The van der Waals surface area contributed by atoms with Crippen LogP contribution >= 0.6 is 0 Å². The average Bonchev–Trinajstić information content (AvgIpc) is 3.10. The van der Waals surface area contributed by atoms with Crippen LogP contribution < -0.4 is 10.2 Å². The molecule has 0 bridgehead atoms. The van der Waals surface area contributed by atoms with Crippen LogP contribution in [0.25, 0.3) is 0 Å². The maximum Gasteiger partial charge on any atom is 0.337 e. The van der Waals surface area contributed by atoms with E-state index < -0.39 is 5.97 Å². The first-order chi connectivity index (χ1) is 8.16. The number of hydrogen-bond acceptors (Lipinski definition) is 3. The van der Waals surface area contributed by atoms with E-state index in [1.807, 2.05) is 11.0 Å². The van der Waals surface area contributed by atoms with E-state index in [0.29, 0.717) is 18.3 Å². The number of aromatic carboxylic acids is 1. The first-order valence-electron chi connectivity index (χ1n) is 5.59. The molecule has 1 aromatic rings. The molecule has 0 saturated heterocycles. The zero-order chi connectivity index (χ0) is 12.0. The van der Waals surface area contributed by atoms with E-state index in [0.717, 1.165) is 18.5 Å². The third-order valence-electron chi connectivity index (χ3n) is 3.15. The summed E-state index contributed by atoms with van der Waals surface area (Å²) in [6.07, 6.45) is 2.15. The number of carbonyl (C=O) groups excluding carboxylic acids is 1. The van der Waals surface area contributed by atoms with Crippen molar-refractivity contribution >= 4 is 23.3 Å². The molecular weight excluding hydrogens is 220 g/mol. The van der Waals surface area contributed by atoms with Gasteiger partial charge in [-0.15, -0.1) is 0 Å². The van der Waals surface area contributed by atoms with Crippen LogP contribution in [0.15, 0.2) is 18.2 Å². The van der Waals surface area contributed by atoms with Crippen molar-refractivity contribution in [2.75, 3.05) is 16.8 Å². The van der Waals surface area contributed by atoms with Crippen molar-refractivity contribution in [1.29, 1.82) is 0 Å². The Morgan fingerprint density at radius 3 is 2.82 bits per heavy atom. The lowest BCUT2D eigenvalue weighted by atomic mass is 10.1. The fraction of sp³-hybridized carbons (Fsp3) is 0.333. The monoisotopic (exact) mass is 232 g/mol. The maximum atomic E-state index is 11.6. The topological polar surface area (TPSA) is 69.6 Å². The summed E-state index contributed by atoms with van der Waals surface area (Å²) in [6.45, 7) is 0.320. The SMILES string of the molecule is O=C1CN(C2CC2)c2cccc(C(=O)O)c2N1. The van der Waals surface area contributed by atoms with Gasteiger partial charge in [0.2, 0.25) is 5.91 Å². The first kappa shape index (κ1) is 10.1. The number of carbonyl (C=O) groups is 2. The molecule has 0 radical (unpaired) electrons. The molecule has 3 rings (SSSR count). The van der Waals surface area contributed by atoms with Gasteiger partial charge in [-0.2, -0.15) is 0 Å². The van der Waals surface area contributed by atoms with Crippen molar-refractivity contribution < 1.29 is 14.7 Å². The predicted molar refractivity (Wildman–Crippen MR) is 62.4 cm³/mol. The molecule has 88 valence electrons. The largest absolute Gasteiger partial charge is 0.478 e. The molecule has 0 aromatic heterocycles. The number of nitrogens with zero attached hydrogens (tertiary/aromatic N) is 1. The first-order valence-corrected chi connectivity index (χ1v) is 5.59. The summed E-state index contributed by atoms with van der Waals surface area (Å²) in [5.41, 5.74) is 1.41. The smallest absolute Gasteiger partial charge is 0.337 e. The van der Waals surface area contributed by atoms with E-state index >= 15 is 0 Å². The van der Waals surface area contributed by atoms with E-state index in [1.165, 1.54) is 6.07 Å². The van der Waals surface area contributed by atoms with Crippen LogP contribution in [0.3, 0.4) is 0 Å². The molecule has 1 aliphatic heterocycles. The van der Waals surface area contributed by atoms with Gasteiger partial charge >= 0.3 is 5.97 Å². The summed E-state index contributed by atoms with van der Waals surface area (Å²) in [6, 6.07) is 5.48. The molecule has 1 aliphatic carbocycles. The molecule has 0 unspecified atom stereocenters. The van der Waals surface area contributed by atoms with Crippen LogP contribution in [-0.2, 0) is 4.79 Å². The Morgan fingerprint density at radius 2 is 2.18 bits per heavy atom. The maximum absolute atomic E-state index is 11.6. The van der Waals surface area contributed by atoms with Crippen LogP contribution in [0, 0.1) is 0 Å². The lowest BCUT2D eigenvalue weighted by Gasteiger charge is -2.31. The number of fused-ring (bicyclic) bond motifs is 1. The third-order valence-corrected chi connectivity index (χ3v) is 3.15. The van der Waals surface area contributed by atoms with E-state index in [9.17, 15) is 9.59 Å². The van der Waals surface area contributed by atoms with E-state index in [2.05, 4.69) is 5.32 Å². The van der Waals surface area contributed by atoms with Gasteiger partial charge in [0.05, 0.1) is 23.5 Å². The van der Waals surface area contributed by atoms with Crippen LogP contribution in [-0.4, -0.2) is 29.6 Å². The molecule has 5 nitrogen and oxygen atoms in total. The number of rotatable bonds is 2. The minimum Gasteiger partial charge on any atom is -0.478 e. The molecule has 0 spiro atoms. The van der Waals surface area contributed by atoms with Crippen molar-refractivity contribution in [2.24, 2.45) is 0 Å². The fourth-order valence-electron chi connectivity index (χ4n) is 2.22. The second-order valence-corrected chi connectivity index (χ2v) is 4.41. The molecule has 0 atom stereocenters. The standard InChI is InChI=1S/C12H12N2O3/c15-10-6-14(7-4-5-7)9-3-1-2-8(12(16)17)11(9)13-10/h1-3,7H,4-6H2,(H,13,15)(H,16,17). The summed E-state index contributed by atoms with van der Waals surface area (Å²) in [7, 11) is 0. The second kappa shape index (κ2) is 3.48. The zero-order valence-electron chi connectivity index (χ0n) is 9.14. The highest BCUT2D eigenvalue weighted by atomic mass is 16.4. The number of carboxylic acid groups (broad SMARTS) is 1. The second-order valence-electron chi connectivity index (χ2n) is 4.41. The lowest BCUT2D eigenvalue weighted by Crippen LogP contribution is -2.40. The number of benzene rings is 1. The normalized spacial score (nSPS) is 18.6. The molecule has 2 aliphatic rings. The van der Waals surface area contributed by atoms with Crippen LogP contribution in [0.4, 0.5) is 11.4 Å². The molecule has 1 amide bonds. The van der Waals surface area contributed by atoms with Gasteiger partial charge in [0.15, 0.2) is 0 Å². The van der Waals surface area contributed by atoms with E-state index in [4.69, 9.17) is 5.11 Å². The molecule has 1 saturated carbocycles. The Morgan fingerprint density at radius 1 is 1.41 bits per heavy atom. The van der Waals surface area contributed by atoms with Crippen molar-refractivity contribution in [3.63, 3.8) is 0 Å². The van der Waals surface area contributed by atoms with Crippen LogP contribution in [0.5, 0.6) is 0 Å². The van der Waals surface area contributed by atoms with Gasteiger partial charge in [-0.1, -0.05) is 6.07 Å². The number of nitrogens with one attached hydrogen (secondary N) is 1. The molecule has 1 fully saturated rings. The van der Waals surface area contributed by atoms with Crippen LogP contribution in [0.1, 0.15) is 23.2 Å². The number of para-hydroxylation sites is 1. The number of carboxylic acids is 1. The summed E-state index contributed by atoms with van der Waals surface area (Å²) in [4.78, 5) is 24.7. The Kier molecular flexibility index (Phi) is 2.07. The molecule has 1 heterocycles. The van der Waals surface area contributed by atoms with Gasteiger partial charge < -0.3 is 15.3 Å². The highest BCUT2D eigenvalue weighted by Crippen LogP contribution is 2.39. The molecule has 17 heavy (non-hydrogen) atoms. The van der Waals surface area contributed by atoms with Crippen molar-refractivity contribution in [3.05, 3.63) is 23.8 Å². The Hall–Kier alpha value is -2.04. The fourth-order valence-corrected chi connectivity index (χ4v) is 2.22. The van der Waals surface area contributed by atoms with E-state index in [1.54, 1.807) is 6.07 Å². The van der Waals surface area contributed by atoms with Crippen molar-refractivity contribution in [1.82, 2.24) is 0 Å². The van der Waals surface area contributed by atoms with Gasteiger partial charge in [0.25, 0.3) is 0 Å². The van der Waals surface area contributed by atoms with Crippen molar-refractivity contribution in [3.8, 4) is 0 Å². The number of amides is 1. The third kappa shape index (κ3) is 1.63. The predicted octanol–water partition coefficient (Wildman–Crippen LogP) is 1.31.